The van der Waals surface area contributed by atoms with Crippen molar-refractivity contribution in [1.82, 2.24) is 24.4 Å². The molecule has 2 amide bonds. The molecule has 0 radical (unpaired) electrons. The van der Waals surface area contributed by atoms with Crippen LogP contribution in [0.1, 0.15) is 18.5 Å². The fourth-order valence-electron chi connectivity index (χ4n) is 5.04. The number of likely N-dealkylation sites (tertiary alicyclic amines) is 1. The first kappa shape index (κ1) is 19.0. The van der Waals surface area contributed by atoms with Crippen molar-refractivity contribution >= 4 is 28.2 Å². The minimum absolute atomic E-state index is 0.0898. The number of carbonyl (C=O) groups is 2. The standard InChI is InChI=1S/C24H22FN5O2/c25-19-5-2-6-20-18(19)8-10-28(20)14-23(31)29-21-11-15(21)12-22(29)24(32)26-13-17-4-1-3-16-7-9-27-30(16)17/h1-10,15,21-22H,11-14H2,(H,26,32)/t15-,21-,22-/m0/s1. The highest BCUT2D eigenvalue weighted by Crippen LogP contribution is 2.48. The Balaban J connectivity index is 1.18. The Morgan fingerprint density at radius 2 is 1.97 bits per heavy atom. The Morgan fingerprint density at radius 3 is 2.88 bits per heavy atom. The molecule has 0 bridgehead atoms. The van der Waals surface area contributed by atoms with Crippen LogP contribution in [0.15, 0.2) is 60.9 Å². The van der Waals surface area contributed by atoms with Crippen LogP contribution in [0.4, 0.5) is 4.39 Å². The molecule has 4 aromatic rings. The summed E-state index contributed by atoms with van der Waals surface area (Å²) in [7, 11) is 0. The molecule has 1 aliphatic heterocycles. The van der Waals surface area contributed by atoms with Gasteiger partial charge < -0.3 is 14.8 Å². The summed E-state index contributed by atoms with van der Waals surface area (Å²) >= 11 is 0. The minimum Gasteiger partial charge on any atom is -0.349 e. The maximum absolute atomic E-state index is 14.0. The first-order chi connectivity index (χ1) is 15.6. The molecule has 3 atom stereocenters. The predicted octanol–water partition coefficient (Wildman–Crippen LogP) is 2.73. The van der Waals surface area contributed by atoms with E-state index in [1.807, 2.05) is 24.3 Å². The highest BCUT2D eigenvalue weighted by atomic mass is 19.1. The zero-order chi connectivity index (χ0) is 21.8. The zero-order valence-electron chi connectivity index (χ0n) is 17.3. The summed E-state index contributed by atoms with van der Waals surface area (Å²) < 4.78 is 17.6. The van der Waals surface area contributed by atoms with Crippen molar-refractivity contribution in [2.24, 2.45) is 5.92 Å². The van der Waals surface area contributed by atoms with Gasteiger partial charge in [-0.15, -0.1) is 0 Å². The Morgan fingerprint density at radius 1 is 1.09 bits per heavy atom. The van der Waals surface area contributed by atoms with E-state index in [9.17, 15) is 14.0 Å². The van der Waals surface area contributed by atoms with Crippen LogP contribution in [0, 0.1) is 11.7 Å². The lowest BCUT2D eigenvalue weighted by Crippen LogP contribution is -2.48. The maximum Gasteiger partial charge on any atom is 0.243 e. The van der Waals surface area contributed by atoms with Crippen molar-refractivity contribution in [3.05, 3.63) is 72.4 Å². The number of pyridine rings is 1. The van der Waals surface area contributed by atoms with Crippen LogP contribution >= 0.6 is 0 Å². The normalized spacial score (nSPS) is 21.8. The van der Waals surface area contributed by atoms with E-state index in [0.717, 1.165) is 17.6 Å². The van der Waals surface area contributed by atoms with Crippen LogP contribution in [-0.4, -0.2) is 43.0 Å². The summed E-state index contributed by atoms with van der Waals surface area (Å²) in [6, 6.07) is 13.9. The predicted molar refractivity (Wildman–Crippen MR) is 116 cm³/mol. The zero-order valence-corrected chi connectivity index (χ0v) is 17.3. The fraction of sp³-hybridized carbons (Fsp3) is 0.292. The maximum atomic E-state index is 14.0. The molecule has 2 aliphatic rings. The van der Waals surface area contributed by atoms with Gasteiger partial charge in [0.25, 0.3) is 0 Å². The number of aromatic nitrogens is 3. The number of amides is 2. The molecule has 1 saturated carbocycles. The Hall–Kier alpha value is -3.68. The summed E-state index contributed by atoms with van der Waals surface area (Å²) in [5.74, 6) is -0.158. The van der Waals surface area contributed by atoms with Gasteiger partial charge in [-0.05, 0) is 55.2 Å². The number of nitrogens with zero attached hydrogens (tertiary/aromatic N) is 4. The molecule has 1 saturated heterocycles. The first-order valence-corrected chi connectivity index (χ1v) is 10.8. The van der Waals surface area contributed by atoms with Crippen molar-refractivity contribution in [2.75, 3.05) is 0 Å². The molecule has 1 aromatic carbocycles. The quantitative estimate of drug-likeness (QED) is 0.528. The van der Waals surface area contributed by atoms with Gasteiger partial charge in [0.05, 0.1) is 23.3 Å². The van der Waals surface area contributed by atoms with Crippen LogP contribution in [-0.2, 0) is 22.7 Å². The SMILES string of the molecule is O=C(NCc1cccc2ccnn12)[C@@H]1C[C@@H]2C[C@@H]2N1C(=O)Cn1ccc2c(F)cccc21. The van der Waals surface area contributed by atoms with Crippen LogP contribution in [0.2, 0.25) is 0 Å². The third kappa shape index (κ3) is 3.05. The van der Waals surface area contributed by atoms with Crippen LogP contribution in [0.3, 0.4) is 0 Å². The number of nitrogens with one attached hydrogen (secondary N) is 1. The van der Waals surface area contributed by atoms with E-state index >= 15 is 0 Å². The van der Waals surface area contributed by atoms with E-state index in [0.29, 0.717) is 29.8 Å². The molecule has 32 heavy (non-hydrogen) atoms. The Bertz CT molecular complexity index is 1360. The average molecular weight is 431 g/mol. The molecule has 6 rings (SSSR count). The van der Waals surface area contributed by atoms with E-state index in [4.69, 9.17) is 0 Å². The van der Waals surface area contributed by atoms with Gasteiger partial charge in [0.1, 0.15) is 18.4 Å². The number of hydrogen-bond acceptors (Lipinski definition) is 3. The van der Waals surface area contributed by atoms with Gasteiger partial charge in [0.2, 0.25) is 11.8 Å². The number of halogens is 1. The lowest BCUT2D eigenvalue weighted by atomic mass is 10.1. The summed E-state index contributed by atoms with van der Waals surface area (Å²) in [4.78, 5) is 28.0. The van der Waals surface area contributed by atoms with E-state index in [-0.39, 0.29) is 30.2 Å². The molecule has 7 nitrogen and oxygen atoms in total. The first-order valence-electron chi connectivity index (χ1n) is 10.8. The van der Waals surface area contributed by atoms with E-state index in [1.54, 1.807) is 44.6 Å². The number of carbonyl (C=O) groups excluding carboxylic acids is 2. The monoisotopic (exact) mass is 431 g/mol. The largest absolute Gasteiger partial charge is 0.349 e. The van der Waals surface area contributed by atoms with Gasteiger partial charge in [0, 0.05) is 23.8 Å². The summed E-state index contributed by atoms with van der Waals surface area (Å²) in [5, 5.41) is 7.79. The summed E-state index contributed by atoms with van der Waals surface area (Å²) in [5.41, 5.74) is 2.52. The van der Waals surface area contributed by atoms with E-state index in [1.165, 1.54) is 6.07 Å². The van der Waals surface area contributed by atoms with Crippen molar-refractivity contribution in [2.45, 2.75) is 38.0 Å². The van der Waals surface area contributed by atoms with Gasteiger partial charge in [-0.25, -0.2) is 8.91 Å². The number of piperidine rings is 1. The highest BCUT2D eigenvalue weighted by Gasteiger charge is 2.55. The fourth-order valence-corrected chi connectivity index (χ4v) is 5.04. The number of fused-ring (bicyclic) bond motifs is 3. The number of hydrogen-bond donors (Lipinski definition) is 1. The molecular formula is C24H22FN5O2. The molecule has 0 spiro atoms. The molecule has 8 heteroatoms. The topological polar surface area (TPSA) is 71.6 Å². The summed E-state index contributed by atoms with van der Waals surface area (Å²) in [6.45, 7) is 0.430. The molecule has 3 aromatic heterocycles. The Labute approximate surface area is 183 Å². The lowest BCUT2D eigenvalue weighted by molar-refractivity contribution is -0.140. The second-order valence-corrected chi connectivity index (χ2v) is 8.63. The molecule has 1 aliphatic carbocycles. The Kier molecular flexibility index (Phi) is 4.28. The van der Waals surface area contributed by atoms with E-state index in [2.05, 4.69) is 10.4 Å². The molecule has 1 N–H and O–H groups in total. The second kappa shape index (κ2) is 7.19. The smallest absolute Gasteiger partial charge is 0.243 e. The van der Waals surface area contributed by atoms with Gasteiger partial charge >= 0.3 is 0 Å². The van der Waals surface area contributed by atoms with Crippen molar-refractivity contribution in [3.63, 3.8) is 0 Å². The molecule has 0 unspecified atom stereocenters. The molecule has 2 fully saturated rings. The van der Waals surface area contributed by atoms with Crippen LogP contribution in [0.5, 0.6) is 0 Å². The van der Waals surface area contributed by atoms with E-state index < -0.39 is 6.04 Å². The average Bonchev–Trinajstić information content (AvgIpc) is 3.15. The van der Waals surface area contributed by atoms with Gasteiger partial charge in [-0.1, -0.05) is 12.1 Å². The lowest BCUT2D eigenvalue weighted by Gasteiger charge is -2.27. The molecule has 162 valence electrons. The van der Waals surface area contributed by atoms with Crippen molar-refractivity contribution < 1.29 is 14.0 Å². The van der Waals surface area contributed by atoms with Crippen LogP contribution in [0.25, 0.3) is 16.4 Å². The van der Waals surface area contributed by atoms with Gasteiger partial charge in [0.15, 0.2) is 0 Å². The van der Waals surface area contributed by atoms with Gasteiger partial charge in [-0.3, -0.25) is 9.59 Å². The number of rotatable bonds is 5. The minimum atomic E-state index is -0.471. The highest BCUT2D eigenvalue weighted by molar-refractivity contribution is 5.90. The van der Waals surface area contributed by atoms with Crippen molar-refractivity contribution in [1.29, 1.82) is 0 Å². The van der Waals surface area contributed by atoms with Gasteiger partial charge in [-0.2, -0.15) is 5.10 Å². The van der Waals surface area contributed by atoms with Crippen molar-refractivity contribution in [3.8, 4) is 0 Å². The summed E-state index contributed by atoms with van der Waals surface area (Å²) in [6.07, 6.45) is 5.09. The second-order valence-electron chi connectivity index (χ2n) is 8.63. The van der Waals surface area contributed by atoms with Crippen LogP contribution < -0.4 is 5.32 Å². The molecular weight excluding hydrogens is 409 g/mol. The third-order valence-corrected chi connectivity index (χ3v) is 6.70. The third-order valence-electron chi connectivity index (χ3n) is 6.70. The molecule has 4 heterocycles. The number of benzene rings is 1.